The first kappa shape index (κ1) is 16.7. The van der Waals surface area contributed by atoms with Gasteiger partial charge in [-0.3, -0.25) is 9.59 Å². The molecular formula is C17H22N2O5. The highest BCUT2D eigenvalue weighted by molar-refractivity contribution is 5.95. The summed E-state index contributed by atoms with van der Waals surface area (Å²) in [4.78, 5) is 36.2. The molecule has 7 nitrogen and oxygen atoms in total. The van der Waals surface area contributed by atoms with Crippen LogP contribution in [0.15, 0.2) is 15.3 Å². The lowest BCUT2D eigenvalue weighted by Gasteiger charge is -2.24. The van der Waals surface area contributed by atoms with Crippen LogP contribution in [-0.4, -0.2) is 37.6 Å². The van der Waals surface area contributed by atoms with Gasteiger partial charge in [-0.1, -0.05) is 6.42 Å². The zero-order valence-electron chi connectivity index (χ0n) is 13.9. The number of ether oxygens (including phenoxy) is 1. The van der Waals surface area contributed by atoms with Crippen molar-refractivity contribution in [3.8, 4) is 0 Å². The Morgan fingerprint density at radius 2 is 2.12 bits per heavy atom. The van der Waals surface area contributed by atoms with Crippen LogP contribution in [0.4, 0.5) is 0 Å². The highest BCUT2D eigenvalue weighted by Gasteiger charge is 2.32. The minimum atomic E-state index is -0.593. The van der Waals surface area contributed by atoms with E-state index in [-0.39, 0.29) is 17.6 Å². The Morgan fingerprint density at radius 1 is 1.38 bits per heavy atom. The number of hydrogen-bond donors (Lipinski definition) is 2. The molecule has 1 saturated carbocycles. The summed E-state index contributed by atoms with van der Waals surface area (Å²) in [6, 6.07) is 1.13. The van der Waals surface area contributed by atoms with E-state index in [2.05, 4.69) is 15.4 Å². The Morgan fingerprint density at radius 3 is 2.71 bits per heavy atom. The van der Waals surface area contributed by atoms with Crippen molar-refractivity contribution < 1.29 is 18.7 Å². The summed E-state index contributed by atoms with van der Waals surface area (Å²) in [6.07, 6.45) is 3.63. The fraction of sp³-hybridized carbons (Fsp3) is 0.588. The van der Waals surface area contributed by atoms with E-state index in [1.54, 1.807) is 13.0 Å². The van der Waals surface area contributed by atoms with Crippen LogP contribution in [0.2, 0.25) is 0 Å². The molecular weight excluding hydrogens is 312 g/mol. The van der Waals surface area contributed by atoms with Gasteiger partial charge in [0.05, 0.1) is 7.11 Å². The third kappa shape index (κ3) is 3.21. The molecule has 2 fully saturated rings. The monoisotopic (exact) mass is 334 g/mol. The Labute approximate surface area is 139 Å². The van der Waals surface area contributed by atoms with Crippen LogP contribution >= 0.6 is 0 Å². The van der Waals surface area contributed by atoms with Gasteiger partial charge >= 0.3 is 11.6 Å². The van der Waals surface area contributed by atoms with Crippen LogP contribution in [0.5, 0.6) is 0 Å². The highest BCUT2D eigenvalue weighted by atomic mass is 16.5. The van der Waals surface area contributed by atoms with E-state index >= 15 is 0 Å². The summed E-state index contributed by atoms with van der Waals surface area (Å²) in [5, 5.41) is 5.79. The van der Waals surface area contributed by atoms with Crippen molar-refractivity contribution >= 4 is 11.9 Å². The van der Waals surface area contributed by atoms with E-state index in [1.807, 2.05) is 0 Å². The van der Waals surface area contributed by atoms with Crippen molar-refractivity contribution in [1.29, 1.82) is 0 Å². The SMILES string of the molecule is COC(=O)[C@@H]1C[C@H](NC(=O)c2c(C)cc(C3CCC3)oc2=O)CN1. The number of carbonyl (C=O) groups is 2. The van der Waals surface area contributed by atoms with Crippen LogP contribution in [-0.2, 0) is 9.53 Å². The van der Waals surface area contributed by atoms with Crippen molar-refractivity contribution in [2.75, 3.05) is 13.7 Å². The third-order valence-electron chi connectivity index (χ3n) is 4.85. The molecule has 0 unspecified atom stereocenters. The number of rotatable bonds is 4. The largest absolute Gasteiger partial charge is 0.468 e. The molecule has 2 N–H and O–H groups in total. The second-order valence-corrected chi connectivity index (χ2v) is 6.51. The van der Waals surface area contributed by atoms with Gasteiger partial charge in [0.1, 0.15) is 17.4 Å². The molecule has 24 heavy (non-hydrogen) atoms. The van der Waals surface area contributed by atoms with Crippen LogP contribution in [0.1, 0.15) is 53.3 Å². The molecule has 1 aromatic rings. The second kappa shape index (κ2) is 6.76. The lowest BCUT2D eigenvalue weighted by Crippen LogP contribution is -2.39. The quantitative estimate of drug-likeness (QED) is 0.792. The fourth-order valence-corrected chi connectivity index (χ4v) is 3.22. The predicted octanol–water partition coefficient (Wildman–Crippen LogP) is 0.849. The van der Waals surface area contributed by atoms with Gasteiger partial charge in [0.15, 0.2) is 0 Å². The first-order valence-corrected chi connectivity index (χ1v) is 8.26. The molecule has 7 heteroatoms. The summed E-state index contributed by atoms with van der Waals surface area (Å²) >= 11 is 0. The molecule has 3 rings (SSSR count). The molecule has 0 radical (unpaired) electrons. The summed E-state index contributed by atoms with van der Waals surface area (Å²) < 4.78 is 10.0. The maximum atomic E-state index is 12.4. The molecule has 2 atom stereocenters. The van der Waals surface area contributed by atoms with E-state index < -0.39 is 17.6 Å². The first-order chi connectivity index (χ1) is 11.5. The van der Waals surface area contributed by atoms with Crippen molar-refractivity contribution in [2.24, 2.45) is 0 Å². The third-order valence-corrected chi connectivity index (χ3v) is 4.85. The second-order valence-electron chi connectivity index (χ2n) is 6.51. The van der Waals surface area contributed by atoms with Crippen molar-refractivity contribution in [3.05, 3.63) is 33.4 Å². The Kier molecular flexibility index (Phi) is 4.71. The standard InChI is InChI=1S/C17H22N2O5/c1-9-6-13(10-4-3-5-10)24-17(22)14(9)15(20)19-11-7-12(18-8-11)16(21)23-2/h6,10-12,18H,3-5,7-8H2,1-2H3,(H,19,20)/t11-,12-/m0/s1. The molecule has 1 aliphatic carbocycles. The van der Waals surface area contributed by atoms with Crippen LogP contribution in [0.25, 0.3) is 0 Å². The molecule has 1 amide bonds. The Balaban J connectivity index is 1.69. The van der Waals surface area contributed by atoms with Gasteiger partial charge in [-0.05, 0) is 37.8 Å². The summed E-state index contributed by atoms with van der Waals surface area (Å²) in [5.74, 6) is 0.160. The minimum absolute atomic E-state index is 0.0413. The zero-order chi connectivity index (χ0) is 17.3. The lowest BCUT2D eigenvalue weighted by molar-refractivity contribution is -0.142. The smallest absolute Gasteiger partial charge is 0.349 e. The van der Waals surface area contributed by atoms with E-state index in [0.29, 0.717) is 30.2 Å². The molecule has 1 aliphatic heterocycles. The molecule has 0 aromatic carbocycles. The van der Waals surface area contributed by atoms with Crippen LogP contribution in [0, 0.1) is 6.92 Å². The number of carbonyl (C=O) groups excluding carboxylic acids is 2. The van der Waals surface area contributed by atoms with Crippen LogP contribution in [0.3, 0.4) is 0 Å². The van der Waals surface area contributed by atoms with Gasteiger partial charge in [0, 0.05) is 18.5 Å². The zero-order valence-corrected chi connectivity index (χ0v) is 13.9. The molecule has 2 aliphatic rings. The number of amides is 1. The number of aryl methyl sites for hydroxylation is 1. The molecule has 1 aromatic heterocycles. The molecule has 1 saturated heterocycles. The first-order valence-electron chi connectivity index (χ1n) is 8.26. The van der Waals surface area contributed by atoms with Crippen molar-refractivity contribution in [1.82, 2.24) is 10.6 Å². The van der Waals surface area contributed by atoms with E-state index in [0.717, 1.165) is 19.3 Å². The summed E-state index contributed by atoms with van der Waals surface area (Å²) in [7, 11) is 1.33. The molecule has 0 spiro atoms. The molecule has 130 valence electrons. The maximum Gasteiger partial charge on any atom is 0.349 e. The van der Waals surface area contributed by atoms with Crippen molar-refractivity contribution in [2.45, 2.75) is 50.6 Å². The van der Waals surface area contributed by atoms with Gasteiger partial charge in [-0.15, -0.1) is 0 Å². The van der Waals surface area contributed by atoms with Gasteiger partial charge in [-0.25, -0.2) is 4.79 Å². The number of methoxy groups -OCH3 is 1. The maximum absolute atomic E-state index is 12.4. The summed E-state index contributed by atoms with van der Waals surface area (Å²) in [6.45, 7) is 2.20. The van der Waals surface area contributed by atoms with Crippen molar-refractivity contribution in [3.63, 3.8) is 0 Å². The lowest BCUT2D eigenvalue weighted by atomic mass is 9.83. The van der Waals surface area contributed by atoms with Gasteiger partial charge in [0.25, 0.3) is 5.91 Å². The normalized spacial score (nSPS) is 23.6. The van der Waals surface area contributed by atoms with Gasteiger partial charge in [-0.2, -0.15) is 0 Å². The van der Waals surface area contributed by atoms with Gasteiger partial charge < -0.3 is 19.8 Å². The van der Waals surface area contributed by atoms with E-state index in [9.17, 15) is 14.4 Å². The minimum Gasteiger partial charge on any atom is -0.468 e. The summed E-state index contributed by atoms with van der Waals surface area (Å²) in [5.41, 5.74) is 0.0746. The average Bonchev–Trinajstić information content (AvgIpc) is 2.92. The Bertz CT molecular complexity index is 707. The highest BCUT2D eigenvalue weighted by Crippen LogP contribution is 2.36. The fourth-order valence-electron chi connectivity index (χ4n) is 3.22. The Hall–Kier alpha value is -2.15. The van der Waals surface area contributed by atoms with Gasteiger partial charge in [0.2, 0.25) is 0 Å². The molecule has 0 bridgehead atoms. The van der Waals surface area contributed by atoms with Crippen LogP contribution < -0.4 is 16.3 Å². The topological polar surface area (TPSA) is 97.6 Å². The van der Waals surface area contributed by atoms with E-state index in [1.165, 1.54) is 7.11 Å². The number of nitrogens with one attached hydrogen (secondary N) is 2. The number of hydrogen-bond acceptors (Lipinski definition) is 6. The number of esters is 1. The average molecular weight is 334 g/mol. The molecule has 2 heterocycles. The predicted molar refractivity (Wildman–Crippen MR) is 86.0 cm³/mol. The van der Waals surface area contributed by atoms with E-state index in [4.69, 9.17) is 4.42 Å².